The zero-order valence-corrected chi connectivity index (χ0v) is 12.5. The highest BCUT2D eigenvalue weighted by molar-refractivity contribution is 9.08. The average molecular weight is 331 g/mol. The fourth-order valence-corrected chi connectivity index (χ4v) is 3.83. The first-order valence-electron chi connectivity index (χ1n) is 5.77. The third kappa shape index (κ3) is 2.80. The Morgan fingerprint density at radius 1 is 1.61 bits per heavy atom. The van der Waals surface area contributed by atoms with E-state index in [1.807, 2.05) is 23.9 Å². The summed E-state index contributed by atoms with van der Waals surface area (Å²) in [4.78, 5) is 12.8. The average Bonchev–Trinajstić information content (AvgIpc) is 2.90. The number of thioether (sulfide) groups is 1. The van der Waals surface area contributed by atoms with Gasteiger partial charge in [0, 0.05) is 41.5 Å². The highest BCUT2D eigenvalue weighted by atomic mass is 79.9. The summed E-state index contributed by atoms with van der Waals surface area (Å²) < 4.78 is 0. The van der Waals surface area contributed by atoms with Crippen molar-refractivity contribution in [2.24, 2.45) is 0 Å². The molecule has 1 aliphatic heterocycles. The minimum atomic E-state index is -0.328. The zero-order valence-electron chi connectivity index (χ0n) is 10.1. The van der Waals surface area contributed by atoms with Gasteiger partial charge in [0.2, 0.25) is 0 Å². The van der Waals surface area contributed by atoms with Gasteiger partial charge in [0.25, 0.3) is 5.69 Å². The van der Waals surface area contributed by atoms with Crippen molar-refractivity contribution in [2.45, 2.75) is 17.8 Å². The fraction of sp³-hybridized carbons (Fsp3) is 0.500. The second kappa shape index (κ2) is 5.93. The number of nitro benzene ring substituents is 1. The smallest absolute Gasteiger partial charge is 0.273 e. The number of rotatable bonds is 4. The number of benzene rings is 1. The van der Waals surface area contributed by atoms with Gasteiger partial charge in [-0.25, -0.2) is 0 Å². The zero-order chi connectivity index (χ0) is 13.1. The minimum Gasteiger partial charge on any atom is -0.371 e. The molecule has 6 heteroatoms. The van der Waals surface area contributed by atoms with Gasteiger partial charge in [-0.05, 0) is 24.3 Å². The fourth-order valence-electron chi connectivity index (χ4n) is 2.11. The van der Waals surface area contributed by atoms with Crippen molar-refractivity contribution in [3.8, 4) is 0 Å². The van der Waals surface area contributed by atoms with E-state index in [1.165, 1.54) is 12.2 Å². The normalized spacial score (nSPS) is 18.9. The predicted octanol–water partition coefficient (Wildman–Crippen LogP) is 3.43. The van der Waals surface area contributed by atoms with E-state index in [1.54, 1.807) is 6.07 Å². The van der Waals surface area contributed by atoms with Crippen molar-refractivity contribution in [2.75, 3.05) is 23.5 Å². The summed E-state index contributed by atoms with van der Waals surface area (Å²) in [5.74, 6) is 2.34. The number of anilines is 1. The molecule has 0 aromatic heterocycles. The van der Waals surface area contributed by atoms with Crippen LogP contribution in [0.15, 0.2) is 18.2 Å². The van der Waals surface area contributed by atoms with Crippen LogP contribution in [0.5, 0.6) is 0 Å². The Balaban J connectivity index is 2.26. The van der Waals surface area contributed by atoms with E-state index in [-0.39, 0.29) is 10.6 Å². The monoisotopic (exact) mass is 330 g/mol. The molecule has 0 amide bonds. The lowest BCUT2D eigenvalue weighted by atomic mass is 10.1. The molecule has 1 atom stereocenters. The van der Waals surface area contributed by atoms with Crippen LogP contribution in [-0.4, -0.2) is 29.5 Å². The summed E-state index contributed by atoms with van der Waals surface area (Å²) in [5.41, 5.74) is 1.97. The van der Waals surface area contributed by atoms with Gasteiger partial charge in [0.05, 0.1) is 4.92 Å². The van der Waals surface area contributed by atoms with Gasteiger partial charge in [0.15, 0.2) is 0 Å². The second-order valence-electron chi connectivity index (χ2n) is 4.33. The molecule has 1 heterocycles. The van der Waals surface area contributed by atoms with Crippen LogP contribution >= 0.6 is 27.7 Å². The third-order valence-electron chi connectivity index (χ3n) is 3.26. The van der Waals surface area contributed by atoms with E-state index in [0.717, 1.165) is 17.0 Å². The number of alkyl halides is 1. The van der Waals surface area contributed by atoms with Crippen LogP contribution in [0.2, 0.25) is 0 Å². The van der Waals surface area contributed by atoms with Crippen LogP contribution in [0.1, 0.15) is 12.0 Å². The summed E-state index contributed by atoms with van der Waals surface area (Å²) in [7, 11) is 2.07. The van der Waals surface area contributed by atoms with E-state index in [0.29, 0.717) is 11.4 Å². The van der Waals surface area contributed by atoms with Crippen molar-refractivity contribution in [3.05, 3.63) is 33.9 Å². The molecule has 1 saturated heterocycles. The largest absolute Gasteiger partial charge is 0.371 e. The molecule has 1 fully saturated rings. The molecule has 98 valence electrons. The number of hydrogen-bond acceptors (Lipinski definition) is 4. The molecular weight excluding hydrogens is 316 g/mol. The summed E-state index contributed by atoms with van der Waals surface area (Å²) in [5, 5.41) is 11.4. The van der Waals surface area contributed by atoms with E-state index >= 15 is 0 Å². The maximum atomic E-state index is 10.9. The molecular formula is C12H15BrN2O2S. The van der Waals surface area contributed by atoms with Crippen molar-refractivity contribution < 1.29 is 4.92 Å². The second-order valence-corrected chi connectivity index (χ2v) is 6.04. The number of nitrogens with zero attached hydrogens (tertiary/aromatic N) is 2. The number of halogens is 1. The highest BCUT2D eigenvalue weighted by Gasteiger charge is 2.22. The van der Waals surface area contributed by atoms with Gasteiger partial charge in [-0.15, -0.1) is 0 Å². The van der Waals surface area contributed by atoms with Crippen molar-refractivity contribution in [1.82, 2.24) is 0 Å². The molecule has 0 radical (unpaired) electrons. The van der Waals surface area contributed by atoms with Gasteiger partial charge >= 0.3 is 0 Å². The maximum absolute atomic E-state index is 10.9. The Morgan fingerprint density at radius 2 is 2.39 bits per heavy atom. The maximum Gasteiger partial charge on any atom is 0.273 e. The molecule has 1 aromatic rings. The van der Waals surface area contributed by atoms with Crippen LogP contribution in [0.25, 0.3) is 0 Å². The molecule has 0 bridgehead atoms. The third-order valence-corrected chi connectivity index (χ3v) is 5.01. The lowest BCUT2D eigenvalue weighted by Gasteiger charge is -2.26. The molecule has 4 nitrogen and oxygen atoms in total. The molecule has 0 spiro atoms. The van der Waals surface area contributed by atoms with Crippen molar-refractivity contribution in [1.29, 1.82) is 0 Å². The van der Waals surface area contributed by atoms with Crippen LogP contribution in [0, 0.1) is 10.1 Å². The Kier molecular flexibility index (Phi) is 4.50. The van der Waals surface area contributed by atoms with Gasteiger partial charge in [-0.2, -0.15) is 11.8 Å². The topological polar surface area (TPSA) is 46.4 Å². The molecule has 1 aliphatic rings. The lowest BCUT2D eigenvalue weighted by molar-refractivity contribution is -0.385. The molecule has 0 saturated carbocycles. The van der Waals surface area contributed by atoms with Gasteiger partial charge in [-0.1, -0.05) is 15.9 Å². The first-order chi connectivity index (χ1) is 8.63. The Bertz CT molecular complexity index is 450. The van der Waals surface area contributed by atoms with Gasteiger partial charge in [0.1, 0.15) is 0 Å². The summed E-state index contributed by atoms with van der Waals surface area (Å²) in [6, 6.07) is 5.90. The summed E-state index contributed by atoms with van der Waals surface area (Å²) >= 11 is 5.28. The predicted molar refractivity (Wildman–Crippen MR) is 79.9 cm³/mol. The molecule has 18 heavy (non-hydrogen) atoms. The SMILES string of the molecule is CN(c1ccc([N+](=O)[O-])c(CBr)c1)C1CCSC1. The highest BCUT2D eigenvalue weighted by Crippen LogP contribution is 2.30. The van der Waals surface area contributed by atoms with Crippen LogP contribution in [-0.2, 0) is 5.33 Å². The van der Waals surface area contributed by atoms with Crippen molar-refractivity contribution >= 4 is 39.1 Å². The van der Waals surface area contributed by atoms with Crippen molar-refractivity contribution in [3.63, 3.8) is 0 Å². The van der Waals surface area contributed by atoms with E-state index in [9.17, 15) is 10.1 Å². The van der Waals surface area contributed by atoms with Crippen LogP contribution < -0.4 is 4.90 Å². The summed E-state index contributed by atoms with van der Waals surface area (Å²) in [6.07, 6.45) is 1.18. The molecule has 0 N–H and O–H groups in total. The Morgan fingerprint density at radius 3 is 2.94 bits per heavy atom. The first-order valence-corrected chi connectivity index (χ1v) is 8.05. The summed E-state index contributed by atoms with van der Waals surface area (Å²) in [6.45, 7) is 0. The standard InChI is InChI=1S/C12H15BrN2O2S/c1-14(11-4-5-18-8-11)10-2-3-12(15(16)17)9(6-10)7-13/h2-3,6,11H,4-5,7-8H2,1H3. The van der Waals surface area contributed by atoms with E-state index in [2.05, 4.69) is 27.9 Å². The molecule has 1 unspecified atom stereocenters. The van der Waals surface area contributed by atoms with Crippen LogP contribution in [0.4, 0.5) is 11.4 Å². The van der Waals surface area contributed by atoms with Gasteiger partial charge < -0.3 is 4.90 Å². The Labute approximate surface area is 119 Å². The molecule has 0 aliphatic carbocycles. The quantitative estimate of drug-likeness (QED) is 0.482. The van der Waals surface area contributed by atoms with Crippen LogP contribution in [0.3, 0.4) is 0 Å². The lowest BCUT2D eigenvalue weighted by Crippen LogP contribution is -2.31. The number of nitro groups is 1. The van der Waals surface area contributed by atoms with E-state index in [4.69, 9.17) is 0 Å². The number of hydrogen-bond donors (Lipinski definition) is 0. The Hall–Kier alpha value is -0.750. The molecule has 1 aromatic carbocycles. The first kappa shape index (κ1) is 13.7. The van der Waals surface area contributed by atoms with E-state index < -0.39 is 0 Å². The van der Waals surface area contributed by atoms with Gasteiger partial charge in [-0.3, -0.25) is 10.1 Å². The molecule has 2 rings (SSSR count). The minimum absolute atomic E-state index is 0.185.